The molecule has 0 aliphatic heterocycles. The Bertz CT molecular complexity index is 579. The molecule has 20 heavy (non-hydrogen) atoms. The van der Waals surface area contributed by atoms with Crippen LogP contribution < -0.4 is 10.6 Å². The van der Waals surface area contributed by atoms with E-state index >= 15 is 0 Å². The average molecular weight is 269 g/mol. The molecule has 1 aromatic heterocycles. The smallest absolute Gasteiger partial charge is 0.274 e. The number of hydrogen-bond donors (Lipinski definition) is 2. The third-order valence-electron chi connectivity index (χ3n) is 3.02. The summed E-state index contributed by atoms with van der Waals surface area (Å²) in [7, 11) is 0. The number of aromatic nitrogens is 1. The van der Waals surface area contributed by atoms with Crippen LogP contribution in [0.3, 0.4) is 0 Å². The highest BCUT2D eigenvalue weighted by Gasteiger charge is 2.09. The van der Waals surface area contributed by atoms with Crippen molar-refractivity contribution < 1.29 is 4.79 Å². The standard InChI is InChI=1S/C16H19N3O/c1-3-17-11-13-6-8-14(9-7-13)19-16(20)15-12(2)5-4-10-18-15/h4-10,17H,3,11H2,1-2H3,(H,19,20). The molecule has 0 fully saturated rings. The molecule has 0 spiro atoms. The highest BCUT2D eigenvalue weighted by Crippen LogP contribution is 2.12. The van der Waals surface area contributed by atoms with Gasteiger partial charge in [-0.1, -0.05) is 25.1 Å². The third-order valence-corrected chi connectivity index (χ3v) is 3.02. The van der Waals surface area contributed by atoms with Gasteiger partial charge in [-0.15, -0.1) is 0 Å². The number of carbonyl (C=O) groups is 1. The average Bonchev–Trinajstić information content (AvgIpc) is 2.47. The predicted octanol–water partition coefficient (Wildman–Crippen LogP) is 2.75. The van der Waals surface area contributed by atoms with Crippen molar-refractivity contribution in [2.45, 2.75) is 20.4 Å². The van der Waals surface area contributed by atoms with Crippen LogP contribution in [0.4, 0.5) is 5.69 Å². The van der Waals surface area contributed by atoms with E-state index in [1.54, 1.807) is 6.20 Å². The Morgan fingerprint density at radius 2 is 1.95 bits per heavy atom. The van der Waals surface area contributed by atoms with Crippen molar-refractivity contribution in [1.29, 1.82) is 0 Å². The van der Waals surface area contributed by atoms with Crippen LogP contribution in [0.1, 0.15) is 28.5 Å². The highest BCUT2D eigenvalue weighted by molar-refractivity contribution is 6.03. The lowest BCUT2D eigenvalue weighted by Gasteiger charge is -2.08. The van der Waals surface area contributed by atoms with Crippen molar-refractivity contribution in [2.24, 2.45) is 0 Å². The fourth-order valence-corrected chi connectivity index (χ4v) is 1.89. The number of pyridine rings is 1. The topological polar surface area (TPSA) is 54.0 Å². The van der Waals surface area contributed by atoms with E-state index < -0.39 is 0 Å². The number of aryl methyl sites for hydroxylation is 1. The second-order valence-electron chi connectivity index (χ2n) is 4.60. The van der Waals surface area contributed by atoms with E-state index in [4.69, 9.17) is 0 Å². The molecular formula is C16H19N3O. The van der Waals surface area contributed by atoms with Gasteiger partial charge in [-0.3, -0.25) is 9.78 Å². The first-order valence-electron chi connectivity index (χ1n) is 6.73. The zero-order valence-electron chi connectivity index (χ0n) is 11.8. The second-order valence-corrected chi connectivity index (χ2v) is 4.60. The first-order chi connectivity index (χ1) is 9.70. The van der Waals surface area contributed by atoms with E-state index in [0.717, 1.165) is 24.3 Å². The number of hydrogen-bond acceptors (Lipinski definition) is 3. The molecule has 2 rings (SSSR count). The number of amides is 1. The van der Waals surface area contributed by atoms with Crippen LogP contribution >= 0.6 is 0 Å². The van der Waals surface area contributed by atoms with E-state index in [9.17, 15) is 4.79 Å². The van der Waals surface area contributed by atoms with Gasteiger partial charge in [0.2, 0.25) is 0 Å². The van der Waals surface area contributed by atoms with E-state index in [-0.39, 0.29) is 5.91 Å². The fraction of sp³-hybridized carbons (Fsp3) is 0.250. The lowest BCUT2D eigenvalue weighted by atomic mass is 10.2. The van der Waals surface area contributed by atoms with Gasteiger partial charge in [0, 0.05) is 18.4 Å². The zero-order chi connectivity index (χ0) is 14.4. The Hall–Kier alpha value is -2.20. The minimum atomic E-state index is -0.178. The molecule has 0 atom stereocenters. The molecule has 0 unspecified atom stereocenters. The van der Waals surface area contributed by atoms with Gasteiger partial charge in [-0.05, 0) is 42.8 Å². The van der Waals surface area contributed by atoms with Crippen molar-refractivity contribution in [3.8, 4) is 0 Å². The molecular weight excluding hydrogens is 250 g/mol. The van der Waals surface area contributed by atoms with Crippen molar-refractivity contribution in [3.63, 3.8) is 0 Å². The Morgan fingerprint density at radius 3 is 2.60 bits per heavy atom. The Labute approximate surface area is 119 Å². The summed E-state index contributed by atoms with van der Waals surface area (Å²) in [5.41, 5.74) is 3.30. The van der Waals surface area contributed by atoms with Crippen LogP contribution in [0, 0.1) is 6.92 Å². The summed E-state index contributed by atoms with van der Waals surface area (Å²) in [6.45, 7) is 5.73. The summed E-state index contributed by atoms with van der Waals surface area (Å²) < 4.78 is 0. The molecule has 0 bridgehead atoms. The van der Waals surface area contributed by atoms with Gasteiger partial charge in [0.25, 0.3) is 5.91 Å². The molecule has 0 saturated carbocycles. The van der Waals surface area contributed by atoms with Crippen LogP contribution in [0.2, 0.25) is 0 Å². The van der Waals surface area contributed by atoms with Crippen molar-refractivity contribution >= 4 is 11.6 Å². The first-order valence-corrected chi connectivity index (χ1v) is 6.73. The molecule has 0 aliphatic rings. The lowest BCUT2D eigenvalue weighted by Crippen LogP contribution is -2.15. The quantitative estimate of drug-likeness (QED) is 0.877. The van der Waals surface area contributed by atoms with Crippen molar-refractivity contribution in [1.82, 2.24) is 10.3 Å². The number of nitrogens with zero attached hydrogens (tertiary/aromatic N) is 1. The molecule has 4 nitrogen and oxygen atoms in total. The minimum Gasteiger partial charge on any atom is -0.321 e. The molecule has 2 aromatic rings. The molecule has 1 amide bonds. The predicted molar refractivity (Wildman–Crippen MR) is 80.7 cm³/mol. The van der Waals surface area contributed by atoms with Crippen LogP contribution in [0.5, 0.6) is 0 Å². The number of rotatable bonds is 5. The summed E-state index contributed by atoms with van der Waals surface area (Å²) >= 11 is 0. The van der Waals surface area contributed by atoms with Crippen LogP contribution in [-0.2, 0) is 6.54 Å². The summed E-state index contributed by atoms with van der Waals surface area (Å²) in [4.78, 5) is 16.2. The second kappa shape index (κ2) is 6.82. The molecule has 0 radical (unpaired) electrons. The SMILES string of the molecule is CCNCc1ccc(NC(=O)c2ncccc2C)cc1. The van der Waals surface area contributed by atoms with Crippen molar-refractivity contribution in [3.05, 3.63) is 59.4 Å². The van der Waals surface area contributed by atoms with Gasteiger partial charge in [0.05, 0.1) is 0 Å². The number of carbonyl (C=O) groups excluding carboxylic acids is 1. The summed E-state index contributed by atoms with van der Waals surface area (Å²) in [6.07, 6.45) is 1.63. The van der Waals surface area contributed by atoms with E-state index in [2.05, 4.69) is 22.5 Å². The van der Waals surface area contributed by atoms with Crippen LogP contribution in [-0.4, -0.2) is 17.4 Å². The molecule has 0 aliphatic carbocycles. The Balaban J connectivity index is 2.03. The minimum absolute atomic E-state index is 0.178. The largest absolute Gasteiger partial charge is 0.321 e. The number of anilines is 1. The van der Waals surface area contributed by atoms with Gasteiger partial charge in [0.15, 0.2) is 0 Å². The molecule has 4 heteroatoms. The van der Waals surface area contributed by atoms with Gasteiger partial charge in [-0.2, -0.15) is 0 Å². The van der Waals surface area contributed by atoms with Crippen LogP contribution in [0.15, 0.2) is 42.6 Å². The molecule has 1 aromatic carbocycles. The maximum atomic E-state index is 12.1. The molecule has 104 valence electrons. The zero-order valence-corrected chi connectivity index (χ0v) is 11.8. The van der Waals surface area contributed by atoms with E-state index in [1.807, 2.05) is 43.3 Å². The van der Waals surface area contributed by atoms with Gasteiger partial charge in [-0.25, -0.2) is 0 Å². The summed E-state index contributed by atoms with van der Waals surface area (Å²) in [5, 5.41) is 6.12. The fourth-order valence-electron chi connectivity index (χ4n) is 1.89. The van der Waals surface area contributed by atoms with Crippen molar-refractivity contribution in [2.75, 3.05) is 11.9 Å². The highest BCUT2D eigenvalue weighted by atomic mass is 16.1. The lowest BCUT2D eigenvalue weighted by molar-refractivity contribution is 0.102. The number of nitrogens with one attached hydrogen (secondary N) is 2. The molecule has 0 saturated heterocycles. The Kier molecular flexibility index (Phi) is 4.85. The third kappa shape index (κ3) is 3.65. The van der Waals surface area contributed by atoms with Crippen LogP contribution in [0.25, 0.3) is 0 Å². The summed E-state index contributed by atoms with van der Waals surface area (Å²) in [6, 6.07) is 11.5. The maximum Gasteiger partial charge on any atom is 0.274 e. The Morgan fingerprint density at radius 1 is 1.20 bits per heavy atom. The monoisotopic (exact) mass is 269 g/mol. The first kappa shape index (κ1) is 14.2. The number of benzene rings is 1. The van der Waals surface area contributed by atoms with E-state index in [1.165, 1.54) is 5.56 Å². The van der Waals surface area contributed by atoms with Gasteiger partial charge >= 0.3 is 0 Å². The normalized spacial score (nSPS) is 10.3. The van der Waals surface area contributed by atoms with Gasteiger partial charge < -0.3 is 10.6 Å². The van der Waals surface area contributed by atoms with Gasteiger partial charge in [0.1, 0.15) is 5.69 Å². The molecule has 2 N–H and O–H groups in total. The maximum absolute atomic E-state index is 12.1. The van der Waals surface area contributed by atoms with E-state index in [0.29, 0.717) is 5.69 Å². The molecule has 1 heterocycles. The summed E-state index contributed by atoms with van der Waals surface area (Å²) in [5.74, 6) is -0.178.